The van der Waals surface area contributed by atoms with Crippen molar-refractivity contribution < 1.29 is 4.79 Å². The maximum atomic E-state index is 12.4. The molecule has 0 amide bonds. The van der Waals surface area contributed by atoms with Gasteiger partial charge in [0.2, 0.25) is 0 Å². The second-order valence-corrected chi connectivity index (χ2v) is 5.70. The van der Waals surface area contributed by atoms with Gasteiger partial charge < -0.3 is 4.90 Å². The van der Waals surface area contributed by atoms with E-state index >= 15 is 0 Å². The van der Waals surface area contributed by atoms with Crippen LogP contribution in [0.2, 0.25) is 0 Å². The topological polar surface area (TPSA) is 20.3 Å². The molecule has 0 aliphatic heterocycles. The first-order chi connectivity index (χ1) is 8.58. The van der Waals surface area contributed by atoms with Gasteiger partial charge >= 0.3 is 0 Å². The molecule has 2 nitrogen and oxygen atoms in total. The van der Waals surface area contributed by atoms with E-state index in [4.69, 9.17) is 0 Å². The molecule has 0 bridgehead atoms. The fourth-order valence-corrected chi connectivity index (χ4v) is 2.81. The predicted octanol–water partition coefficient (Wildman–Crippen LogP) is 3.30. The summed E-state index contributed by atoms with van der Waals surface area (Å²) >= 11 is 0. The zero-order valence-corrected chi connectivity index (χ0v) is 11.6. The number of nitrogens with zero attached hydrogens (tertiary/aromatic N) is 1. The summed E-state index contributed by atoms with van der Waals surface area (Å²) < 4.78 is 0. The van der Waals surface area contributed by atoms with Crippen LogP contribution >= 0.6 is 0 Å². The van der Waals surface area contributed by atoms with Gasteiger partial charge in [-0.25, -0.2) is 0 Å². The largest absolute Gasteiger partial charge is 0.306 e. The molecule has 1 aliphatic rings. The molecule has 18 heavy (non-hydrogen) atoms. The monoisotopic (exact) mass is 245 g/mol. The van der Waals surface area contributed by atoms with Crippen molar-refractivity contribution >= 4 is 5.78 Å². The Balaban J connectivity index is 1.97. The minimum Gasteiger partial charge on any atom is -0.306 e. The molecule has 1 aromatic rings. The van der Waals surface area contributed by atoms with Crippen molar-refractivity contribution in [2.45, 2.75) is 38.6 Å². The fourth-order valence-electron chi connectivity index (χ4n) is 2.81. The summed E-state index contributed by atoms with van der Waals surface area (Å²) in [4.78, 5) is 14.7. The molecule has 0 radical (unpaired) electrons. The number of Topliss-reactive ketones (excluding diaryl/α,β-unsaturated/α-hetero) is 1. The highest BCUT2D eigenvalue weighted by molar-refractivity contribution is 5.97. The zero-order chi connectivity index (χ0) is 13.1. The van der Waals surface area contributed by atoms with Gasteiger partial charge in [-0.2, -0.15) is 0 Å². The number of carbonyl (C=O) groups excluding carboxylic acids is 1. The van der Waals surface area contributed by atoms with Gasteiger partial charge in [0.1, 0.15) is 0 Å². The number of hydrogen-bond donors (Lipinski definition) is 0. The highest BCUT2D eigenvalue weighted by Gasteiger charge is 2.27. The van der Waals surface area contributed by atoms with Crippen LogP contribution < -0.4 is 0 Å². The Morgan fingerprint density at radius 1 is 1.06 bits per heavy atom. The second kappa shape index (κ2) is 5.66. The lowest BCUT2D eigenvalue weighted by molar-refractivity contribution is 0.0855. The van der Waals surface area contributed by atoms with E-state index in [0.717, 1.165) is 31.2 Å². The molecular formula is C16H23NO. The summed E-state index contributed by atoms with van der Waals surface area (Å²) in [6.45, 7) is 2.05. The molecule has 1 aliphatic carbocycles. The fraction of sp³-hybridized carbons (Fsp3) is 0.562. The van der Waals surface area contributed by atoms with Gasteiger partial charge in [-0.05, 0) is 46.7 Å². The first-order valence-electron chi connectivity index (χ1n) is 6.85. The van der Waals surface area contributed by atoms with Gasteiger partial charge in [0.05, 0.1) is 0 Å². The van der Waals surface area contributed by atoms with Crippen molar-refractivity contribution in [2.75, 3.05) is 14.1 Å². The molecule has 0 spiro atoms. The molecule has 0 saturated heterocycles. The van der Waals surface area contributed by atoms with Crippen molar-refractivity contribution in [2.24, 2.45) is 5.92 Å². The van der Waals surface area contributed by atoms with Crippen LogP contribution in [-0.4, -0.2) is 30.8 Å². The van der Waals surface area contributed by atoms with Crippen molar-refractivity contribution in [3.63, 3.8) is 0 Å². The summed E-state index contributed by atoms with van der Waals surface area (Å²) in [5.41, 5.74) is 2.09. The normalized spacial score (nSPS) is 24.2. The van der Waals surface area contributed by atoms with E-state index in [2.05, 4.69) is 25.9 Å². The van der Waals surface area contributed by atoms with Crippen LogP contribution in [0.3, 0.4) is 0 Å². The van der Waals surface area contributed by atoms with Gasteiger partial charge in [-0.1, -0.05) is 29.8 Å². The van der Waals surface area contributed by atoms with Crippen LogP contribution in [0.5, 0.6) is 0 Å². The molecule has 0 N–H and O–H groups in total. The maximum Gasteiger partial charge on any atom is 0.165 e. The number of benzene rings is 1. The molecule has 2 heteroatoms. The Bertz CT molecular complexity index is 400. The van der Waals surface area contributed by atoms with E-state index < -0.39 is 0 Å². The Labute approximate surface area is 110 Å². The predicted molar refractivity (Wildman–Crippen MR) is 74.9 cm³/mol. The Hall–Kier alpha value is -1.15. The molecule has 0 atom stereocenters. The van der Waals surface area contributed by atoms with E-state index in [1.165, 1.54) is 5.56 Å². The molecule has 0 unspecified atom stereocenters. The molecule has 0 heterocycles. The lowest BCUT2D eigenvalue weighted by Gasteiger charge is -2.32. The SMILES string of the molecule is Cc1ccc(C(=O)C2CCC(N(C)C)CC2)cc1. The quantitative estimate of drug-likeness (QED) is 0.762. The smallest absolute Gasteiger partial charge is 0.165 e. The van der Waals surface area contributed by atoms with Gasteiger partial charge in [-0.3, -0.25) is 4.79 Å². The zero-order valence-electron chi connectivity index (χ0n) is 11.6. The summed E-state index contributed by atoms with van der Waals surface area (Å²) in [7, 11) is 4.26. The maximum absolute atomic E-state index is 12.4. The van der Waals surface area contributed by atoms with E-state index in [0.29, 0.717) is 11.8 Å². The third kappa shape index (κ3) is 2.99. The number of rotatable bonds is 3. The van der Waals surface area contributed by atoms with Crippen LogP contribution in [-0.2, 0) is 0 Å². The van der Waals surface area contributed by atoms with Crippen molar-refractivity contribution in [1.29, 1.82) is 0 Å². The standard InChI is InChI=1S/C16H23NO/c1-12-4-6-13(7-5-12)16(18)14-8-10-15(11-9-14)17(2)3/h4-7,14-15H,8-11H2,1-3H3. The lowest BCUT2D eigenvalue weighted by atomic mass is 9.81. The molecule has 0 aromatic heterocycles. The average Bonchev–Trinajstić information content (AvgIpc) is 2.39. The van der Waals surface area contributed by atoms with Crippen LogP contribution in [0.15, 0.2) is 24.3 Å². The van der Waals surface area contributed by atoms with Crippen molar-refractivity contribution in [3.05, 3.63) is 35.4 Å². The summed E-state index contributed by atoms with van der Waals surface area (Å²) in [5, 5.41) is 0. The number of carbonyl (C=O) groups is 1. The molecule has 1 aromatic carbocycles. The van der Waals surface area contributed by atoms with E-state index in [1.807, 2.05) is 24.3 Å². The second-order valence-electron chi connectivity index (χ2n) is 5.70. The van der Waals surface area contributed by atoms with E-state index in [9.17, 15) is 4.79 Å². The Kier molecular flexibility index (Phi) is 4.18. The molecule has 1 saturated carbocycles. The van der Waals surface area contributed by atoms with Crippen LogP contribution in [0.4, 0.5) is 0 Å². The highest BCUT2D eigenvalue weighted by atomic mass is 16.1. The Morgan fingerprint density at radius 2 is 1.61 bits per heavy atom. The Morgan fingerprint density at radius 3 is 2.11 bits per heavy atom. The van der Waals surface area contributed by atoms with Crippen molar-refractivity contribution in [1.82, 2.24) is 4.90 Å². The third-order valence-electron chi connectivity index (χ3n) is 4.13. The van der Waals surface area contributed by atoms with Crippen LogP contribution in [0, 0.1) is 12.8 Å². The van der Waals surface area contributed by atoms with Gasteiger partial charge in [-0.15, -0.1) is 0 Å². The van der Waals surface area contributed by atoms with E-state index in [1.54, 1.807) is 0 Å². The van der Waals surface area contributed by atoms with Crippen LogP contribution in [0.25, 0.3) is 0 Å². The molecule has 1 fully saturated rings. The number of ketones is 1. The van der Waals surface area contributed by atoms with E-state index in [-0.39, 0.29) is 5.92 Å². The van der Waals surface area contributed by atoms with Crippen LogP contribution in [0.1, 0.15) is 41.6 Å². The summed E-state index contributed by atoms with van der Waals surface area (Å²) in [6, 6.07) is 8.65. The first-order valence-corrected chi connectivity index (χ1v) is 6.85. The molecule has 98 valence electrons. The summed E-state index contributed by atoms with van der Waals surface area (Å²) in [5.74, 6) is 0.580. The lowest BCUT2D eigenvalue weighted by Crippen LogP contribution is -2.34. The minimum absolute atomic E-state index is 0.240. The first kappa shape index (κ1) is 13.3. The molecular weight excluding hydrogens is 222 g/mol. The van der Waals surface area contributed by atoms with Gasteiger partial charge in [0.25, 0.3) is 0 Å². The highest BCUT2D eigenvalue weighted by Crippen LogP contribution is 2.29. The molecule has 2 rings (SSSR count). The van der Waals surface area contributed by atoms with Gasteiger partial charge in [0, 0.05) is 17.5 Å². The summed E-state index contributed by atoms with van der Waals surface area (Å²) in [6.07, 6.45) is 4.37. The minimum atomic E-state index is 0.240. The van der Waals surface area contributed by atoms with Gasteiger partial charge in [0.15, 0.2) is 5.78 Å². The number of aryl methyl sites for hydroxylation is 1. The average molecular weight is 245 g/mol. The third-order valence-corrected chi connectivity index (χ3v) is 4.13. The number of hydrogen-bond acceptors (Lipinski definition) is 2. The van der Waals surface area contributed by atoms with Crippen molar-refractivity contribution in [3.8, 4) is 0 Å².